The molecule has 0 spiro atoms. The van der Waals surface area contributed by atoms with E-state index in [1.807, 2.05) is 11.6 Å². The number of hydrogen-bond acceptors (Lipinski definition) is 6. The van der Waals surface area contributed by atoms with Crippen LogP contribution < -0.4 is 5.43 Å². The van der Waals surface area contributed by atoms with E-state index in [1.54, 1.807) is 23.9 Å². The number of anilines is 1. The second-order valence-corrected chi connectivity index (χ2v) is 8.44. The SMILES string of the molecule is Cc1nn(CC(C)C)c(Cl)c1/C=N\Nc1ncnc2sc3c(c12)CCC3. The minimum absolute atomic E-state index is 0.477. The van der Waals surface area contributed by atoms with Gasteiger partial charge in [0.2, 0.25) is 0 Å². The average molecular weight is 389 g/mol. The first kappa shape index (κ1) is 17.4. The van der Waals surface area contributed by atoms with E-state index in [0.717, 1.165) is 46.7 Å². The summed E-state index contributed by atoms with van der Waals surface area (Å²) in [5.41, 5.74) is 6.16. The number of nitrogens with one attached hydrogen (secondary N) is 1. The molecule has 0 bridgehead atoms. The van der Waals surface area contributed by atoms with Crippen LogP contribution in [0.15, 0.2) is 11.4 Å². The summed E-state index contributed by atoms with van der Waals surface area (Å²) >= 11 is 8.23. The van der Waals surface area contributed by atoms with Gasteiger partial charge >= 0.3 is 0 Å². The Balaban J connectivity index is 1.60. The van der Waals surface area contributed by atoms with Crippen molar-refractivity contribution in [3.63, 3.8) is 0 Å². The Kier molecular flexibility index (Phi) is 4.67. The maximum absolute atomic E-state index is 6.47. The van der Waals surface area contributed by atoms with E-state index in [4.69, 9.17) is 11.6 Å². The van der Waals surface area contributed by atoms with Crippen LogP contribution >= 0.6 is 22.9 Å². The second kappa shape index (κ2) is 6.96. The number of hydrogen-bond donors (Lipinski definition) is 1. The minimum atomic E-state index is 0.477. The molecule has 0 radical (unpaired) electrons. The second-order valence-electron chi connectivity index (χ2n) is 7.00. The van der Waals surface area contributed by atoms with Crippen molar-refractivity contribution in [1.29, 1.82) is 0 Å². The van der Waals surface area contributed by atoms with Crippen molar-refractivity contribution < 1.29 is 0 Å². The van der Waals surface area contributed by atoms with Crippen LogP contribution in [-0.4, -0.2) is 26.0 Å². The lowest BCUT2D eigenvalue weighted by molar-refractivity contribution is 0.482. The van der Waals surface area contributed by atoms with Crippen LogP contribution in [0.4, 0.5) is 5.82 Å². The molecule has 136 valence electrons. The molecule has 1 aliphatic carbocycles. The first-order valence-corrected chi connectivity index (χ1v) is 10.0. The molecule has 0 saturated heterocycles. The number of thiophene rings is 1. The fraction of sp³-hybridized carbons (Fsp3) is 0.444. The van der Waals surface area contributed by atoms with Gasteiger partial charge in [0, 0.05) is 11.4 Å². The zero-order chi connectivity index (χ0) is 18.3. The number of halogens is 1. The van der Waals surface area contributed by atoms with Crippen molar-refractivity contribution in [3.05, 3.63) is 33.2 Å². The van der Waals surface area contributed by atoms with Gasteiger partial charge in [-0.1, -0.05) is 25.4 Å². The lowest BCUT2D eigenvalue weighted by Crippen LogP contribution is -2.06. The molecular weight excluding hydrogens is 368 g/mol. The Morgan fingerprint density at radius 2 is 2.23 bits per heavy atom. The Bertz CT molecular complexity index is 987. The van der Waals surface area contributed by atoms with Gasteiger partial charge in [0.1, 0.15) is 16.3 Å². The molecule has 1 aliphatic rings. The maximum Gasteiger partial charge on any atom is 0.158 e. The summed E-state index contributed by atoms with van der Waals surface area (Å²) in [5.74, 6) is 1.23. The standard InChI is InChI=1S/C18H21ClN6S/c1-10(2)8-25-16(19)13(11(3)24-25)7-22-23-17-15-12-5-4-6-14(12)26-18(15)21-9-20-17/h7,9-10H,4-6,8H2,1-3H3,(H,20,21,23)/b22-7-. The van der Waals surface area contributed by atoms with Gasteiger partial charge < -0.3 is 0 Å². The fourth-order valence-corrected chi connectivity index (χ4v) is 4.87. The van der Waals surface area contributed by atoms with Crippen LogP contribution in [0, 0.1) is 12.8 Å². The molecule has 26 heavy (non-hydrogen) atoms. The van der Waals surface area contributed by atoms with Crippen LogP contribution in [0.5, 0.6) is 0 Å². The van der Waals surface area contributed by atoms with Gasteiger partial charge in [-0.05, 0) is 37.7 Å². The molecule has 0 aromatic carbocycles. The van der Waals surface area contributed by atoms with Gasteiger partial charge in [-0.25, -0.2) is 9.97 Å². The lowest BCUT2D eigenvalue weighted by Gasteiger charge is -2.05. The van der Waals surface area contributed by atoms with E-state index >= 15 is 0 Å². The van der Waals surface area contributed by atoms with Crippen molar-refractivity contribution in [2.24, 2.45) is 11.0 Å². The molecule has 0 fully saturated rings. The van der Waals surface area contributed by atoms with Gasteiger partial charge in [0.05, 0.1) is 22.9 Å². The molecule has 3 aromatic heterocycles. The summed E-state index contributed by atoms with van der Waals surface area (Å²) in [6.45, 7) is 7.01. The molecule has 0 aliphatic heterocycles. The Hall–Kier alpha value is -1.99. The normalized spacial score (nSPS) is 14.0. The molecule has 0 unspecified atom stereocenters. The third-order valence-electron chi connectivity index (χ3n) is 4.51. The quantitative estimate of drug-likeness (QED) is 0.518. The molecule has 0 atom stereocenters. The van der Waals surface area contributed by atoms with E-state index < -0.39 is 0 Å². The third kappa shape index (κ3) is 3.10. The van der Waals surface area contributed by atoms with E-state index in [9.17, 15) is 0 Å². The first-order chi connectivity index (χ1) is 12.5. The molecule has 0 amide bonds. The Morgan fingerprint density at radius 1 is 1.38 bits per heavy atom. The zero-order valence-electron chi connectivity index (χ0n) is 15.1. The summed E-state index contributed by atoms with van der Waals surface area (Å²) in [6.07, 6.45) is 6.75. The lowest BCUT2D eigenvalue weighted by atomic mass is 10.2. The van der Waals surface area contributed by atoms with Crippen LogP contribution in [-0.2, 0) is 19.4 Å². The van der Waals surface area contributed by atoms with Crippen LogP contribution in [0.1, 0.15) is 42.0 Å². The summed E-state index contributed by atoms with van der Waals surface area (Å²) in [4.78, 5) is 11.3. The molecule has 3 heterocycles. The predicted molar refractivity (Wildman–Crippen MR) is 107 cm³/mol. The third-order valence-corrected chi connectivity index (χ3v) is 6.11. The number of fused-ring (bicyclic) bond motifs is 3. The fourth-order valence-electron chi connectivity index (χ4n) is 3.35. The number of hydrazone groups is 1. The number of aromatic nitrogens is 4. The predicted octanol–water partition coefficient (Wildman–Crippen LogP) is 4.44. The minimum Gasteiger partial charge on any atom is -0.261 e. The summed E-state index contributed by atoms with van der Waals surface area (Å²) in [7, 11) is 0. The highest BCUT2D eigenvalue weighted by Gasteiger charge is 2.21. The Morgan fingerprint density at radius 3 is 3.04 bits per heavy atom. The topological polar surface area (TPSA) is 68.0 Å². The van der Waals surface area contributed by atoms with Crippen LogP contribution in [0.2, 0.25) is 5.15 Å². The molecule has 4 rings (SSSR count). The number of aryl methyl sites for hydroxylation is 3. The number of nitrogens with zero attached hydrogens (tertiary/aromatic N) is 5. The molecule has 0 saturated carbocycles. The van der Waals surface area contributed by atoms with Crippen molar-refractivity contribution in [2.45, 2.75) is 46.6 Å². The van der Waals surface area contributed by atoms with Crippen molar-refractivity contribution in [1.82, 2.24) is 19.7 Å². The van der Waals surface area contributed by atoms with E-state index in [2.05, 4.69) is 39.4 Å². The van der Waals surface area contributed by atoms with Gasteiger partial charge in [-0.2, -0.15) is 10.2 Å². The van der Waals surface area contributed by atoms with E-state index in [-0.39, 0.29) is 0 Å². The van der Waals surface area contributed by atoms with Crippen LogP contribution in [0.25, 0.3) is 10.2 Å². The zero-order valence-corrected chi connectivity index (χ0v) is 16.7. The van der Waals surface area contributed by atoms with Crippen molar-refractivity contribution in [2.75, 3.05) is 5.43 Å². The molecule has 6 nitrogen and oxygen atoms in total. The van der Waals surface area contributed by atoms with Crippen LogP contribution in [0.3, 0.4) is 0 Å². The summed E-state index contributed by atoms with van der Waals surface area (Å²) < 4.78 is 1.83. The molecular formula is C18H21ClN6S. The van der Waals surface area contributed by atoms with Gasteiger partial charge in [0.15, 0.2) is 5.82 Å². The van der Waals surface area contributed by atoms with Crippen molar-refractivity contribution in [3.8, 4) is 0 Å². The highest BCUT2D eigenvalue weighted by atomic mass is 35.5. The maximum atomic E-state index is 6.47. The highest BCUT2D eigenvalue weighted by Crippen LogP contribution is 2.38. The molecule has 1 N–H and O–H groups in total. The van der Waals surface area contributed by atoms with Gasteiger partial charge in [-0.15, -0.1) is 11.3 Å². The van der Waals surface area contributed by atoms with E-state index in [1.165, 1.54) is 16.9 Å². The van der Waals surface area contributed by atoms with Gasteiger partial charge in [0.25, 0.3) is 0 Å². The first-order valence-electron chi connectivity index (χ1n) is 8.81. The largest absolute Gasteiger partial charge is 0.261 e. The summed E-state index contributed by atoms with van der Waals surface area (Å²) in [5, 5.41) is 10.6. The van der Waals surface area contributed by atoms with Gasteiger partial charge in [-0.3, -0.25) is 10.1 Å². The Labute approximate surface area is 161 Å². The highest BCUT2D eigenvalue weighted by molar-refractivity contribution is 7.19. The molecule has 8 heteroatoms. The summed E-state index contributed by atoms with van der Waals surface area (Å²) in [6, 6.07) is 0. The van der Waals surface area contributed by atoms with E-state index in [0.29, 0.717) is 11.1 Å². The monoisotopic (exact) mass is 388 g/mol. The smallest absolute Gasteiger partial charge is 0.158 e. The average Bonchev–Trinajstić information content (AvgIpc) is 3.23. The van der Waals surface area contributed by atoms with Crippen molar-refractivity contribution >= 4 is 45.2 Å². The number of rotatable bonds is 5. The molecule has 3 aromatic rings.